The summed E-state index contributed by atoms with van der Waals surface area (Å²) in [6.45, 7) is 1.45. The molecule has 1 unspecified atom stereocenters. The number of H-pyrrole nitrogens is 1. The number of hydrogen-bond acceptors (Lipinski definition) is 8. The van der Waals surface area contributed by atoms with E-state index in [1.54, 1.807) is 12.1 Å². The molecular weight excluding hydrogens is 562 g/mol. The van der Waals surface area contributed by atoms with Crippen LogP contribution >= 0.6 is 11.6 Å². The maximum Gasteiger partial charge on any atom is 0.490 e. The van der Waals surface area contributed by atoms with Crippen LogP contribution in [0.25, 0.3) is 0 Å². The Hall–Kier alpha value is -2.82. The van der Waals surface area contributed by atoms with Crippen LogP contribution in [0.15, 0.2) is 24.3 Å². The van der Waals surface area contributed by atoms with E-state index in [4.69, 9.17) is 32.0 Å². The Bertz CT molecular complexity index is 1080. The van der Waals surface area contributed by atoms with Gasteiger partial charge in [0.15, 0.2) is 6.10 Å². The summed E-state index contributed by atoms with van der Waals surface area (Å²) in [6.07, 6.45) is -11.6. The number of carbonyl (C=O) groups is 1. The molecule has 3 heterocycles. The fourth-order valence-electron chi connectivity index (χ4n) is 4.48. The Morgan fingerprint density at radius 1 is 1.15 bits per heavy atom. The van der Waals surface area contributed by atoms with Crippen LogP contribution in [-0.2, 0) is 16.0 Å². The molecule has 3 atom stereocenters. The quantitative estimate of drug-likeness (QED) is 0.388. The summed E-state index contributed by atoms with van der Waals surface area (Å²) in [7, 11) is 0. The smallest absolute Gasteiger partial charge is 0.475 e. The number of benzene rings is 1. The molecule has 4 rings (SSSR count). The highest BCUT2D eigenvalue weighted by atomic mass is 35.5. The molecule has 2 aromatic rings. The Morgan fingerprint density at radius 2 is 1.74 bits per heavy atom. The van der Waals surface area contributed by atoms with Crippen LogP contribution in [0.1, 0.15) is 18.4 Å². The number of nitrogens with zero attached hydrogens (tertiary/aromatic N) is 4. The highest BCUT2D eigenvalue weighted by molar-refractivity contribution is 6.30. The second kappa shape index (κ2) is 12.6. The average Bonchev–Trinajstić information content (AvgIpc) is 3.31. The van der Waals surface area contributed by atoms with Crippen LogP contribution in [-0.4, -0.2) is 99.1 Å². The molecule has 39 heavy (non-hydrogen) atoms. The summed E-state index contributed by atoms with van der Waals surface area (Å²) in [5.41, 5.74) is 6.63. The van der Waals surface area contributed by atoms with E-state index < -0.39 is 30.5 Å². The molecule has 0 aliphatic carbocycles. The fourth-order valence-corrected chi connectivity index (χ4v) is 4.60. The zero-order chi connectivity index (χ0) is 29.0. The number of aliphatic hydroxyl groups is 1. The number of aliphatic hydroxyl groups excluding tert-OH is 1. The summed E-state index contributed by atoms with van der Waals surface area (Å²) in [5, 5.41) is 25.3. The number of ether oxygens (including phenoxy) is 1. The molecule has 2 aliphatic rings. The van der Waals surface area contributed by atoms with Crippen molar-refractivity contribution >= 4 is 29.5 Å². The third kappa shape index (κ3) is 8.58. The largest absolute Gasteiger partial charge is 0.490 e. The molecule has 10 nitrogen and oxygen atoms in total. The number of aromatic amines is 1. The number of alkyl halides is 6. The number of rotatable bonds is 5. The summed E-state index contributed by atoms with van der Waals surface area (Å²) in [4.78, 5) is 15.9. The van der Waals surface area contributed by atoms with E-state index in [9.17, 15) is 31.4 Å². The van der Waals surface area contributed by atoms with Gasteiger partial charge in [-0.2, -0.15) is 26.3 Å². The van der Waals surface area contributed by atoms with E-state index in [0.717, 1.165) is 18.4 Å². The first-order valence-corrected chi connectivity index (χ1v) is 12.1. The Balaban J connectivity index is 0.000000532. The molecule has 2 fully saturated rings. The molecule has 0 bridgehead atoms. The lowest BCUT2D eigenvalue weighted by molar-refractivity contribution is -0.250. The van der Waals surface area contributed by atoms with E-state index >= 15 is 0 Å². The van der Waals surface area contributed by atoms with Crippen molar-refractivity contribution in [3.8, 4) is 0 Å². The van der Waals surface area contributed by atoms with Crippen LogP contribution in [0.3, 0.4) is 0 Å². The van der Waals surface area contributed by atoms with Crippen molar-refractivity contribution in [2.24, 2.45) is 0 Å². The van der Waals surface area contributed by atoms with Crippen LogP contribution in [0, 0.1) is 0 Å². The molecule has 1 aromatic heterocycles. The van der Waals surface area contributed by atoms with E-state index in [2.05, 4.69) is 20.1 Å². The maximum atomic E-state index is 13.1. The molecule has 0 spiro atoms. The number of morpholine rings is 1. The zero-order valence-corrected chi connectivity index (χ0v) is 21.0. The van der Waals surface area contributed by atoms with E-state index in [1.165, 1.54) is 0 Å². The van der Waals surface area contributed by atoms with Crippen molar-refractivity contribution < 1.29 is 46.1 Å². The van der Waals surface area contributed by atoms with Gasteiger partial charge in [-0.3, -0.25) is 9.88 Å². The minimum Gasteiger partial charge on any atom is -0.475 e. The molecule has 0 radical (unpaired) electrons. The van der Waals surface area contributed by atoms with Crippen LogP contribution in [0.5, 0.6) is 0 Å². The fraction of sp³-hybridized carbons (Fsp3) is 0.591. The maximum absolute atomic E-state index is 13.1. The van der Waals surface area contributed by atoms with Crippen molar-refractivity contribution in [3.05, 3.63) is 34.9 Å². The number of nitrogens with one attached hydrogen (secondary N) is 1. The van der Waals surface area contributed by atoms with Gasteiger partial charge in [-0.1, -0.05) is 23.7 Å². The van der Waals surface area contributed by atoms with Gasteiger partial charge < -0.3 is 25.6 Å². The molecule has 0 saturated carbocycles. The molecule has 1 aromatic carbocycles. The molecule has 0 amide bonds. The summed E-state index contributed by atoms with van der Waals surface area (Å²) in [5.74, 6) is -1.93. The van der Waals surface area contributed by atoms with Gasteiger partial charge in [-0.25, -0.2) is 4.79 Å². The SMILES string of the molecule is Nc1nnc(N2CCC(N3C[C@H](C(O)C(F)(F)F)OC[C@@H]3Cc3ccc(Cl)cc3)CC2)[nH]1.O=C(O)C(F)(F)F. The Kier molecular flexibility index (Phi) is 9.90. The van der Waals surface area contributed by atoms with Gasteiger partial charge >= 0.3 is 18.3 Å². The normalized spacial score (nSPS) is 22.2. The van der Waals surface area contributed by atoms with Crippen molar-refractivity contribution in [2.75, 3.05) is 36.9 Å². The molecule has 17 heteroatoms. The minimum atomic E-state index is -5.08. The number of carboxylic acid groups (broad SMARTS) is 1. The van der Waals surface area contributed by atoms with Crippen molar-refractivity contribution in [2.45, 2.75) is 55.9 Å². The number of piperidine rings is 1. The lowest BCUT2D eigenvalue weighted by Gasteiger charge is -2.47. The second-order valence-corrected chi connectivity index (χ2v) is 9.53. The first kappa shape index (κ1) is 30.7. The van der Waals surface area contributed by atoms with Gasteiger partial charge in [-0.05, 0) is 37.0 Å². The van der Waals surface area contributed by atoms with Gasteiger partial charge in [0.2, 0.25) is 11.9 Å². The third-order valence-corrected chi connectivity index (χ3v) is 6.65. The predicted octanol–water partition coefficient (Wildman–Crippen LogP) is 2.88. The van der Waals surface area contributed by atoms with E-state index in [0.29, 0.717) is 30.5 Å². The first-order valence-electron chi connectivity index (χ1n) is 11.7. The van der Waals surface area contributed by atoms with E-state index in [1.807, 2.05) is 17.0 Å². The topological polar surface area (TPSA) is 141 Å². The van der Waals surface area contributed by atoms with Crippen molar-refractivity contribution in [1.82, 2.24) is 20.1 Å². The molecule has 2 saturated heterocycles. The molecule has 5 N–H and O–H groups in total. The molecule has 218 valence electrons. The second-order valence-electron chi connectivity index (χ2n) is 9.09. The van der Waals surface area contributed by atoms with Crippen molar-refractivity contribution in [1.29, 1.82) is 0 Å². The third-order valence-electron chi connectivity index (χ3n) is 6.40. The highest BCUT2D eigenvalue weighted by Crippen LogP contribution is 2.31. The zero-order valence-electron chi connectivity index (χ0n) is 20.3. The van der Waals surface area contributed by atoms with Crippen LogP contribution in [0.4, 0.5) is 38.2 Å². The Morgan fingerprint density at radius 3 is 2.23 bits per heavy atom. The number of halogens is 7. The summed E-state index contributed by atoms with van der Waals surface area (Å²) >= 11 is 5.97. The number of aromatic nitrogens is 3. The number of nitrogen functional groups attached to an aromatic ring is 1. The number of nitrogens with two attached hydrogens (primary N) is 1. The van der Waals surface area contributed by atoms with Gasteiger partial charge in [0.25, 0.3) is 0 Å². The summed E-state index contributed by atoms with van der Waals surface area (Å²) in [6, 6.07) is 7.36. The lowest BCUT2D eigenvalue weighted by atomic mass is 9.95. The standard InChI is InChI=1S/C20H26ClF3N6O2.C2HF3O2/c21-13-3-1-12(2-4-13)9-15-11-32-16(17(31)20(22,23)24)10-30(15)14-5-7-29(8-6-14)19-26-18(25)27-28-19;3-2(4,5)1(6)7/h1-4,14-17,31H,5-11H2,(H3,25,26,27,28);(H,6,7)/t15-,16+,17?;/m0./s1. The molecular formula is C22H27ClF6N6O4. The first-order chi connectivity index (χ1) is 18.1. The monoisotopic (exact) mass is 588 g/mol. The number of carboxylic acids is 1. The summed E-state index contributed by atoms with van der Waals surface area (Å²) < 4.78 is 76.6. The molecule has 2 aliphatic heterocycles. The van der Waals surface area contributed by atoms with Crippen molar-refractivity contribution in [3.63, 3.8) is 0 Å². The number of hydrogen-bond donors (Lipinski definition) is 4. The highest BCUT2D eigenvalue weighted by Gasteiger charge is 2.48. The van der Waals surface area contributed by atoms with Gasteiger partial charge in [0.1, 0.15) is 6.10 Å². The number of aliphatic carboxylic acids is 1. The average molecular weight is 589 g/mol. The Labute approximate surface area is 223 Å². The van der Waals surface area contributed by atoms with E-state index in [-0.39, 0.29) is 31.2 Å². The van der Waals surface area contributed by atoms with Crippen LogP contribution < -0.4 is 10.6 Å². The van der Waals surface area contributed by atoms with Crippen LogP contribution in [0.2, 0.25) is 5.02 Å². The van der Waals surface area contributed by atoms with Gasteiger partial charge in [-0.15, -0.1) is 10.2 Å². The predicted molar refractivity (Wildman–Crippen MR) is 127 cm³/mol. The van der Waals surface area contributed by atoms with Gasteiger partial charge in [0, 0.05) is 36.7 Å². The van der Waals surface area contributed by atoms with Gasteiger partial charge in [0.05, 0.1) is 6.61 Å². The lowest BCUT2D eigenvalue weighted by Crippen LogP contribution is -2.60. The minimum absolute atomic E-state index is 0.0128. The number of anilines is 2.